The zero-order valence-corrected chi connectivity index (χ0v) is 10.9. The second-order valence-corrected chi connectivity index (χ2v) is 4.33. The molecule has 0 atom stereocenters. The van der Waals surface area contributed by atoms with Gasteiger partial charge in [-0.15, -0.1) is 0 Å². The summed E-state index contributed by atoms with van der Waals surface area (Å²) in [7, 11) is 3.27. The van der Waals surface area contributed by atoms with Crippen molar-refractivity contribution >= 4 is 11.8 Å². The molecule has 1 N–H and O–H groups in total. The van der Waals surface area contributed by atoms with E-state index in [0.717, 1.165) is 0 Å². The number of carbonyl (C=O) groups excluding carboxylic acids is 2. The van der Waals surface area contributed by atoms with E-state index in [1.54, 1.807) is 32.3 Å². The first-order valence-corrected chi connectivity index (χ1v) is 5.96. The average Bonchev–Trinajstić information content (AvgIpc) is 2.43. The highest BCUT2D eigenvalue weighted by Gasteiger charge is 2.15. The number of hydrogen-bond donors (Lipinski definition) is 1. The first kappa shape index (κ1) is 13.2. The summed E-state index contributed by atoms with van der Waals surface area (Å²) >= 11 is 0. The monoisotopic (exact) mass is 264 g/mol. The molecule has 0 unspecified atom stereocenters. The molecule has 0 radical (unpaired) electrons. The van der Waals surface area contributed by atoms with Crippen molar-refractivity contribution in [3.63, 3.8) is 0 Å². The number of fused-ring (bicyclic) bond motifs is 1. The number of rotatable bonds is 3. The van der Waals surface area contributed by atoms with Crippen molar-refractivity contribution in [2.75, 3.05) is 33.9 Å². The Morgan fingerprint density at radius 1 is 1.21 bits per heavy atom. The van der Waals surface area contributed by atoms with E-state index in [1.807, 2.05) is 0 Å². The first-order chi connectivity index (χ1) is 9.08. The van der Waals surface area contributed by atoms with Crippen LogP contribution in [0, 0.1) is 0 Å². The van der Waals surface area contributed by atoms with Crippen molar-refractivity contribution in [1.29, 1.82) is 0 Å². The quantitative estimate of drug-likeness (QED) is 0.851. The van der Waals surface area contributed by atoms with Crippen LogP contribution in [0.5, 0.6) is 11.5 Å². The van der Waals surface area contributed by atoms with E-state index in [4.69, 9.17) is 9.47 Å². The Morgan fingerprint density at radius 2 is 1.89 bits per heavy atom. The number of nitrogens with zero attached hydrogens (tertiary/aromatic N) is 1. The Morgan fingerprint density at radius 3 is 2.58 bits per heavy atom. The zero-order chi connectivity index (χ0) is 13.8. The molecule has 2 amide bonds. The van der Waals surface area contributed by atoms with Gasteiger partial charge in [0.05, 0.1) is 6.54 Å². The summed E-state index contributed by atoms with van der Waals surface area (Å²) in [5.74, 6) is 0.711. The fraction of sp³-hybridized carbons (Fsp3) is 0.385. The van der Waals surface area contributed by atoms with Gasteiger partial charge in [-0.25, -0.2) is 0 Å². The number of ether oxygens (including phenoxy) is 2. The van der Waals surface area contributed by atoms with E-state index in [0.29, 0.717) is 30.3 Å². The SMILES string of the molecule is CN(C)C(=O)CNC(=O)c1ccc2c(c1)OCCO2. The summed E-state index contributed by atoms with van der Waals surface area (Å²) in [6, 6.07) is 4.95. The minimum Gasteiger partial charge on any atom is -0.486 e. The van der Waals surface area contributed by atoms with Crippen LogP contribution in [0.3, 0.4) is 0 Å². The highest BCUT2D eigenvalue weighted by Crippen LogP contribution is 2.30. The van der Waals surface area contributed by atoms with E-state index in [-0.39, 0.29) is 18.4 Å². The van der Waals surface area contributed by atoms with Gasteiger partial charge in [-0.2, -0.15) is 0 Å². The van der Waals surface area contributed by atoms with E-state index < -0.39 is 0 Å². The van der Waals surface area contributed by atoms with Crippen LogP contribution in [-0.4, -0.2) is 50.6 Å². The maximum Gasteiger partial charge on any atom is 0.251 e. The lowest BCUT2D eigenvalue weighted by atomic mass is 10.2. The number of hydrogen-bond acceptors (Lipinski definition) is 4. The molecule has 0 spiro atoms. The Balaban J connectivity index is 2.01. The van der Waals surface area contributed by atoms with Crippen molar-refractivity contribution in [2.45, 2.75) is 0 Å². The maximum absolute atomic E-state index is 11.9. The van der Waals surface area contributed by atoms with Gasteiger partial charge in [0.15, 0.2) is 11.5 Å². The van der Waals surface area contributed by atoms with Gasteiger partial charge < -0.3 is 19.7 Å². The molecule has 0 fully saturated rings. The Labute approximate surface area is 111 Å². The molecule has 1 aliphatic heterocycles. The van der Waals surface area contributed by atoms with Gasteiger partial charge in [-0.05, 0) is 18.2 Å². The summed E-state index contributed by atoms with van der Waals surface area (Å²) in [5.41, 5.74) is 0.441. The predicted octanol–water partition coefficient (Wildman–Crippen LogP) is 0.276. The van der Waals surface area contributed by atoms with Crippen LogP contribution in [0.25, 0.3) is 0 Å². The molecule has 1 aromatic rings. The van der Waals surface area contributed by atoms with Crippen molar-refractivity contribution < 1.29 is 19.1 Å². The van der Waals surface area contributed by atoms with Crippen molar-refractivity contribution in [3.8, 4) is 11.5 Å². The van der Waals surface area contributed by atoms with E-state index >= 15 is 0 Å². The third-order valence-electron chi connectivity index (χ3n) is 2.70. The van der Waals surface area contributed by atoms with Gasteiger partial charge >= 0.3 is 0 Å². The summed E-state index contributed by atoms with van der Waals surface area (Å²) in [6.07, 6.45) is 0. The molecule has 19 heavy (non-hydrogen) atoms. The number of benzene rings is 1. The fourth-order valence-corrected chi connectivity index (χ4v) is 1.60. The van der Waals surface area contributed by atoms with Crippen LogP contribution in [0.15, 0.2) is 18.2 Å². The molecular formula is C13H16N2O4. The number of amides is 2. The lowest BCUT2D eigenvalue weighted by molar-refractivity contribution is -0.127. The second-order valence-electron chi connectivity index (χ2n) is 4.33. The predicted molar refractivity (Wildman–Crippen MR) is 68.5 cm³/mol. The average molecular weight is 264 g/mol. The molecule has 0 bridgehead atoms. The molecule has 0 saturated carbocycles. The summed E-state index contributed by atoms with van der Waals surface area (Å²) < 4.78 is 10.8. The molecule has 6 heteroatoms. The number of carbonyl (C=O) groups is 2. The van der Waals surface area contributed by atoms with Crippen LogP contribution in [0.2, 0.25) is 0 Å². The molecule has 1 aromatic carbocycles. The highest BCUT2D eigenvalue weighted by atomic mass is 16.6. The lowest BCUT2D eigenvalue weighted by Crippen LogP contribution is -2.36. The summed E-state index contributed by atoms with van der Waals surface area (Å²) in [6.45, 7) is 0.952. The van der Waals surface area contributed by atoms with E-state index in [2.05, 4.69) is 5.32 Å². The molecule has 2 rings (SSSR count). The molecule has 0 aliphatic carbocycles. The van der Waals surface area contributed by atoms with Gasteiger partial charge in [-0.3, -0.25) is 9.59 Å². The summed E-state index contributed by atoms with van der Waals surface area (Å²) in [4.78, 5) is 24.7. The molecule has 1 heterocycles. The molecule has 102 valence electrons. The first-order valence-electron chi connectivity index (χ1n) is 5.96. The largest absolute Gasteiger partial charge is 0.486 e. The van der Waals surface area contributed by atoms with Gasteiger partial charge in [-0.1, -0.05) is 0 Å². The van der Waals surface area contributed by atoms with Gasteiger partial charge in [0, 0.05) is 19.7 Å². The van der Waals surface area contributed by atoms with E-state index in [1.165, 1.54) is 4.90 Å². The number of nitrogens with one attached hydrogen (secondary N) is 1. The normalized spacial score (nSPS) is 12.7. The Bertz CT molecular complexity index is 499. The Hall–Kier alpha value is -2.24. The van der Waals surface area contributed by atoms with Crippen molar-refractivity contribution in [2.24, 2.45) is 0 Å². The van der Waals surface area contributed by atoms with Crippen molar-refractivity contribution in [1.82, 2.24) is 10.2 Å². The molecule has 0 saturated heterocycles. The van der Waals surface area contributed by atoms with Crippen LogP contribution >= 0.6 is 0 Å². The van der Waals surface area contributed by atoms with Crippen LogP contribution in [0.1, 0.15) is 10.4 Å². The molecular weight excluding hydrogens is 248 g/mol. The minimum absolute atomic E-state index is 0.0275. The van der Waals surface area contributed by atoms with Crippen molar-refractivity contribution in [3.05, 3.63) is 23.8 Å². The molecule has 0 aromatic heterocycles. The second kappa shape index (κ2) is 5.60. The van der Waals surface area contributed by atoms with Gasteiger partial charge in [0.2, 0.25) is 5.91 Å². The van der Waals surface area contributed by atoms with Gasteiger partial charge in [0.1, 0.15) is 13.2 Å². The Kier molecular flexibility index (Phi) is 3.89. The third kappa shape index (κ3) is 3.15. The molecule has 1 aliphatic rings. The topological polar surface area (TPSA) is 67.9 Å². The maximum atomic E-state index is 11.9. The zero-order valence-electron chi connectivity index (χ0n) is 10.9. The standard InChI is InChI=1S/C13H16N2O4/c1-15(2)12(16)8-14-13(17)9-3-4-10-11(7-9)19-6-5-18-10/h3-4,7H,5-6,8H2,1-2H3,(H,14,17). The van der Waals surface area contributed by atoms with Crippen LogP contribution < -0.4 is 14.8 Å². The van der Waals surface area contributed by atoms with Crippen LogP contribution in [0.4, 0.5) is 0 Å². The highest BCUT2D eigenvalue weighted by molar-refractivity contribution is 5.97. The smallest absolute Gasteiger partial charge is 0.251 e. The van der Waals surface area contributed by atoms with Crippen LogP contribution in [-0.2, 0) is 4.79 Å². The van der Waals surface area contributed by atoms with Gasteiger partial charge in [0.25, 0.3) is 5.91 Å². The lowest BCUT2D eigenvalue weighted by Gasteiger charge is -2.18. The minimum atomic E-state index is -0.313. The van der Waals surface area contributed by atoms with E-state index in [9.17, 15) is 9.59 Å². The number of likely N-dealkylation sites (N-methyl/N-ethyl adjacent to an activating group) is 1. The molecule has 6 nitrogen and oxygen atoms in total. The fourth-order valence-electron chi connectivity index (χ4n) is 1.60. The third-order valence-corrected chi connectivity index (χ3v) is 2.70. The summed E-state index contributed by atoms with van der Waals surface area (Å²) in [5, 5.41) is 2.56.